The molecule has 0 amide bonds. The lowest BCUT2D eigenvalue weighted by Gasteiger charge is -2.08. The van der Waals surface area contributed by atoms with Crippen LogP contribution in [0.2, 0.25) is 0 Å². The van der Waals surface area contributed by atoms with Crippen molar-refractivity contribution < 1.29 is 27.5 Å². The molecule has 134 valence electrons. The SMILES string of the molecule is O=C(C=C(O)c1nc[nH]n1)c1cocc1Sc1cccc(C(F)(F)F)c1. The van der Waals surface area contributed by atoms with E-state index in [1.165, 1.54) is 24.7 Å². The minimum absolute atomic E-state index is 0.0612. The summed E-state index contributed by atoms with van der Waals surface area (Å²) in [5.74, 6) is -1.11. The number of aliphatic hydroxyl groups is 1. The van der Waals surface area contributed by atoms with E-state index in [0.717, 1.165) is 36.2 Å². The van der Waals surface area contributed by atoms with Crippen molar-refractivity contribution >= 4 is 23.3 Å². The van der Waals surface area contributed by atoms with Crippen LogP contribution in [0.25, 0.3) is 5.76 Å². The number of ketones is 1. The van der Waals surface area contributed by atoms with E-state index in [4.69, 9.17) is 4.42 Å². The second-order valence-corrected chi connectivity index (χ2v) is 6.11. The predicted octanol–water partition coefficient (Wildman–Crippen LogP) is 4.35. The average Bonchev–Trinajstić information content (AvgIpc) is 3.26. The fraction of sp³-hybridized carbons (Fsp3) is 0.0625. The number of nitrogens with one attached hydrogen (secondary N) is 1. The van der Waals surface area contributed by atoms with Crippen LogP contribution >= 0.6 is 11.8 Å². The number of nitrogens with zero attached hydrogens (tertiary/aromatic N) is 2. The van der Waals surface area contributed by atoms with E-state index >= 15 is 0 Å². The summed E-state index contributed by atoms with van der Waals surface area (Å²) in [4.78, 5) is 16.6. The normalized spacial score (nSPS) is 12.3. The number of aromatic nitrogens is 3. The van der Waals surface area contributed by atoms with Crippen LogP contribution in [0.3, 0.4) is 0 Å². The number of halogens is 3. The number of furan rings is 1. The van der Waals surface area contributed by atoms with Gasteiger partial charge in [0.05, 0.1) is 16.0 Å². The van der Waals surface area contributed by atoms with Crippen LogP contribution in [-0.4, -0.2) is 26.1 Å². The van der Waals surface area contributed by atoms with Gasteiger partial charge in [0.1, 0.15) is 18.9 Å². The van der Waals surface area contributed by atoms with Crippen LogP contribution in [0.5, 0.6) is 0 Å². The van der Waals surface area contributed by atoms with Gasteiger partial charge >= 0.3 is 6.18 Å². The summed E-state index contributed by atoms with van der Waals surface area (Å²) in [5, 5.41) is 15.8. The van der Waals surface area contributed by atoms with Gasteiger partial charge in [-0.2, -0.15) is 18.3 Å². The molecule has 3 aromatic rings. The highest BCUT2D eigenvalue weighted by Gasteiger charge is 2.30. The van der Waals surface area contributed by atoms with E-state index in [1.54, 1.807) is 0 Å². The molecule has 0 saturated carbocycles. The Labute approximate surface area is 148 Å². The van der Waals surface area contributed by atoms with Crippen LogP contribution in [-0.2, 0) is 6.18 Å². The first-order valence-corrected chi connectivity index (χ1v) is 7.88. The van der Waals surface area contributed by atoms with Crippen molar-refractivity contribution in [3.05, 3.63) is 66.1 Å². The zero-order valence-corrected chi connectivity index (χ0v) is 13.6. The molecule has 6 nitrogen and oxygen atoms in total. The van der Waals surface area contributed by atoms with Gasteiger partial charge in [0.15, 0.2) is 11.5 Å². The zero-order chi connectivity index (χ0) is 18.7. The largest absolute Gasteiger partial charge is 0.504 e. The van der Waals surface area contributed by atoms with Gasteiger partial charge in [-0.3, -0.25) is 9.89 Å². The number of carbonyl (C=O) groups is 1. The van der Waals surface area contributed by atoms with E-state index < -0.39 is 23.3 Å². The molecular formula is C16H10F3N3O3S. The molecule has 0 atom stereocenters. The third-order valence-electron chi connectivity index (χ3n) is 3.19. The summed E-state index contributed by atoms with van der Waals surface area (Å²) in [5.41, 5.74) is -0.699. The van der Waals surface area contributed by atoms with Gasteiger partial charge in [0.25, 0.3) is 0 Å². The third-order valence-corrected chi connectivity index (χ3v) is 4.22. The van der Waals surface area contributed by atoms with E-state index in [9.17, 15) is 23.1 Å². The molecule has 0 aliphatic heterocycles. The number of aliphatic hydroxyl groups excluding tert-OH is 1. The Morgan fingerprint density at radius 3 is 2.81 bits per heavy atom. The molecule has 2 N–H and O–H groups in total. The van der Waals surface area contributed by atoms with Crippen LogP contribution in [0.15, 0.2) is 63.4 Å². The summed E-state index contributed by atoms with van der Waals surface area (Å²) in [6.45, 7) is 0. The first-order valence-electron chi connectivity index (χ1n) is 7.07. The summed E-state index contributed by atoms with van der Waals surface area (Å²) < 4.78 is 43.4. The van der Waals surface area contributed by atoms with E-state index in [2.05, 4.69) is 15.2 Å². The standard InChI is InChI=1S/C16H10F3N3O3S/c17-16(18,19)9-2-1-3-10(4-9)26-14-7-25-6-11(14)12(23)5-13(24)15-20-8-21-22-15/h1-8,24H,(H,20,21,22). The Morgan fingerprint density at radius 2 is 2.12 bits per heavy atom. The molecule has 0 spiro atoms. The molecule has 0 fully saturated rings. The third kappa shape index (κ3) is 3.97. The van der Waals surface area contributed by atoms with Crippen molar-refractivity contribution in [1.29, 1.82) is 0 Å². The second kappa shape index (κ2) is 7.08. The van der Waals surface area contributed by atoms with E-state index in [0.29, 0.717) is 4.90 Å². The Hall–Kier alpha value is -3.01. The van der Waals surface area contributed by atoms with Crippen molar-refractivity contribution in [2.75, 3.05) is 0 Å². The molecule has 2 heterocycles. The van der Waals surface area contributed by atoms with Crippen molar-refractivity contribution in [1.82, 2.24) is 15.2 Å². The number of carbonyl (C=O) groups excluding carboxylic acids is 1. The van der Waals surface area contributed by atoms with Crippen LogP contribution in [0, 0.1) is 0 Å². The van der Waals surface area contributed by atoms with Crippen LogP contribution in [0.4, 0.5) is 13.2 Å². The molecular weight excluding hydrogens is 371 g/mol. The van der Waals surface area contributed by atoms with Crippen molar-refractivity contribution in [2.24, 2.45) is 0 Å². The Bertz CT molecular complexity index is 949. The molecule has 26 heavy (non-hydrogen) atoms. The number of benzene rings is 1. The molecule has 3 rings (SSSR count). The highest BCUT2D eigenvalue weighted by atomic mass is 32.2. The van der Waals surface area contributed by atoms with Gasteiger partial charge in [-0.1, -0.05) is 17.8 Å². The first kappa shape index (κ1) is 17.8. The Morgan fingerprint density at radius 1 is 1.31 bits per heavy atom. The maximum atomic E-state index is 12.8. The molecule has 10 heteroatoms. The number of hydrogen-bond acceptors (Lipinski definition) is 6. The summed E-state index contributed by atoms with van der Waals surface area (Å²) in [6.07, 6.45) is 0.0768. The molecule has 1 aromatic carbocycles. The molecule has 0 aliphatic rings. The van der Waals surface area contributed by atoms with Crippen molar-refractivity contribution in [3.63, 3.8) is 0 Å². The number of alkyl halides is 3. The van der Waals surface area contributed by atoms with Gasteiger partial charge in [0.2, 0.25) is 5.82 Å². The van der Waals surface area contributed by atoms with Gasteiger partial charge in [-0.05, 0) is 18.2 Å². The fourth-order valence-corrected chi connectivity index (χ4v) is 2.95. The van der Waals surface area contributed by atoms with Crippen LogP contribution in [0.1, 0.15) is 21.7 Å². The van der Waals surface area contributed by atoms with Crippen LogP contribution < -0.4 is 0 Å². The highest BCUT2D eigenvalue weighted by molar-refractivity contribution is 7.99. The van der Waals surface area contributed by atoms with Gasteiger partial charge < -0.3 is 9.52 Å². The number of rotatable bonds is 5. The highest BCUT2D eigenvalue weighted by Crippen LogP contribution is 2.36. The monoisotopic (exact) mass is 381 g/mol. The minimum Gasteiger partial charge on any atom is -0.504 e. The summed E-state index contributed by atoms with van der Waals surface area (Å²) >= 11 is 0.941. The number of aromatic amines is 1. The first-order chi connectivity index (χ1) is 12.3. The minimum atomic E-state index is -4.46. The maximum absolute atomic E-state index is 12.8. The van der Waals surface area contributed by atoms with E-state index in [-0.39, 0.29) is 16.3 Å². The lowest BCUT2D eigenvalue weighted by atomic mass is 10.2. The van der Waals surface area contributed by atoms with Gasteiger partial charge in [0, 0.05) is 11.0 Å². The molecule has 0 unspecified atom stereocenters. The lowest BCUT2D eigenvalue weighted by molar-refractivity contribution is -0.137. The predicted molar refractivity (Wildman–Crippen MR) is 85.6 cm³/mol. The van der Waals surface area contributed by atoms with Crippen molar-refractivity contribution in [2.45, 2.75) is 16.0 Å². The lowest BCUT2D eigenvalue weighted by Crippen LogP contribution is -2.04. The van der Waals surface area contributed by atoms with Gasteiger partial charge in [-0.15, -0.1) is 0 Å². The fourth-order valence-electron chi connectivity index (χ4n) is 2.01. The summed E-state index contributed by atoms with van der Waals surface area (Å²) in [6, 6.07) is 4.71. The molecule has 0 saturated heterocycles. The molecule has 0 aliphatic carbocycles. The second-order valence-electron chi connectivity index (χ2n) is 4.99. The average molecular weight is 381 g/mol. The molecule has 0 bridgehead atoms. The van der Waals surface area contributed by atoms with Crippen molar-refractivity contribution in [3.8, 4) is 0 Å². The Balaban J connectivity index is 1.83. The maximum Gasteiger partial charge on any atom is 0.416 e. The van der Waals surface area contributed by atoms with E-state index in [1.807, 2.05) is 0 Å². The smallest absolute Gasteiger partial charge is 0.416 e. The topological polar surface area (TPSA) is 92.0 Å². The van der Waals surface area contributed by atoms with Gasteiger partial charge in [-0.25, -0.2) is 4.98 Å². The summed E-state index contributed by atoms with van der Waals surface area (Å²) in [7, 11) is 0. The number of allylic oxidation sites excluding steroid dienone is 1. The quantitative estimate of drug-likeness (QED) is 0.388. The molecule has 0 radical (unpaired) electrons. The molecule has 2 aromatic heterocycles. The number of hydrogen-bond donors (Lipinski definition) is 2. The number of H-pyrrole nitrogens is 1. The zero-order valence-electron chi connectivity index (χ0n) is 12.8. The Kier molecular flexibility index (Phi) is 4.85.